The molecule has 10 aromatic rings. The summed E-state index contributed by atoms with van der Waals surface area (Å²) in [7, 11) is 0. The number of furan rings is 1. The molecule has 1 aliphatic rings. The number of aromatic nitrogens is 1. The fraction of sp³-hybridized carbons (Fsp3) is 0.0667. The lowest BCUT2D eigenvalue weighted by Gasteiger charge is -2.21. The van der Waals surface area contributed by atoms with Crippen LogP contribution in [0.4, 0.5) is 0 Å². The van der Waals surface area contributed by atoms with Gasteiger partial charge >= 0.3 is 0 Å². The molecule has 11 rings (SSSR count). The van der Waals surface area contributed by atoms with Crippen molar-refractivity contribution in [3.05, 3.63) is 151 Å². The molecule has 0 bridgehead atoms. The Kier molecular flexibility index (Phi) is 4.68. The fourth-order valence-electron chi connectivity index (χ4n) is 8.82. The van der Waals surface area contributed by atoms with E-state index in [4.69, 9.17) is 4.42 Å². The van der Waals surface area contributed by atoms with Crippen molar-refractivity contribution < 1.29 is 4.42 Å². The molecule has 0 spiro atoms. The number of hydrogen-bond acceptors (Lipinski definition) is 1. The summed E-state index contributed by atoms with van der Waals surface area (Å²) < 4.78 is 8.86. The minimum atomic E-state index is -0.153. The second kappa shape index (κ2) is 8.69. The lowest BCUT2D eigenvalue weighted by molar-refractivity contribution is 0.666. The first-order valence-electron chi connectivity index (χ1n) is 16.4. The van der Waals surface area contributed by atoms with E-state index in [2.05, 4.69) is 152 Å². The SMILES string of the molecule is CC1(C)c2ccccc2-c2c1c1cc(-c3ccc4ccc5cccc6ccc3c4c56)ccc1n2-c1ccc2c(c1)oc1ccccc12. The smallest absolute Gasteiger partial charge is 0.137 e. The molecule has 0 radical (unpaired) electrons. The third kappa shape index (κ3) is 3.20. The summed E-state index contributed by atoms with van der Waals surface area (Å²) in [5.74, 6) is 0. The average Bonchev–Trinajstić information content (AvgIpc) is 3.73. The van der Waals surface area contributed by atoms with Gasteiger partial charge in [-0.1, -0.05) is 117 Å². The minimum Gasteiger partial charge on any atom is -0.456 e. The Balaban J connectivity index is 1.21. The van der Waals surface area contributed by atoms with Gasteiger partial charge in [0.05, 0.1) is 11.2 Å². The zero-order valence-electron chi connectivity index (χ0n) is 26.1. The number of fused-ring (bicyclic) bond motifs is 8. The Morgan fingerprint density at radius 2 is 1.23 bits per heavy atom. The summed E-state index contributed by atoms with van der Waals surface area (Å²) in [6.45, 7) is 4.76. The maximum absolute atomic E-state index is 6.39. The molecule has 8 aromatic carbocycles. The van der Waals surface area contributed by atoms with Gasteiger partial charge in [0, 0.05) is 38.9 Å². The zero-order chi connectivity index (χ0) is 31.0. The van der Waals surface area contributed by atoms with Crippen LogP contribution in [0, 0.1) is 0 Å². The standard InChI is InChI=1S/C45H29NO/c1-45(2)37-12-5-3-11-35(37)44-43(45)36-24-29(31-20-16-28-15-14-26-8-7-9-27-17-21-34(31)42(28)41(26)27)18-23-38(36)46(44)30-19-22-33-32-10-4-6-13-39(32)47-40(33)25-30/h3-25H,1-2H3. The first-order valence-corrected chi connectivity index (χ1v) is 16.4. The van der Waals surface area contributed by atoms with Crippen LogP contribution in [-0.2, 0) is 5.41 Å². The Bertz CT molecular complexity index is 2920. The van der Waals surface area contributed by atoms with Gasteiger partial charge in [0.25, 0.3) is 0 Å². The predicted molar refractivity (Wildman–Crippen MR) is 197 cm³/mol. The van der Waals surface area contributed by atoms with Crippen LogP contribution in [0.1, 0.15) is 25.0 Å². The Morgan fingerprint density at radius 3 is 2.13 bits per heavy atom. The number of nitrogens with zero attached hydrogens (tertiary/aromatic N) is 1. The van der Waals surface area contributed by atoms with Gasteiger partial charge in [-0.2, -0.15) is 0 Å². The summed E-state index contributed by atoms with van der Waals surface area (Å²) in [5, 5.41) is 11.5. The van der Waals surface area contributed by atoms with Crippen molar-refractivity contribution in [1.29, 1.82) is 0 Å². The van der Waals surface area contributed by atoms with E-state index < -0.39 is 0 Å². The van der Waals surface area contributed by atoms with E-state index in [1.54, 1.807) is 0 Å². The molecule has 0 N–H and O–H groups in total. The topological polar surface area (TPSA) is 18.1 Å². The normalized spacial score (nSPS) is 13.9. The highest BCUT2D eigenvalue weighted by atomic mass is 16.3. The third-order valence-corrected chi connectivity index (χ3v) is 10.9. The van der Waals surface area contributed by atoms with Crippen molar-refractivity contribution in [2.45, 2.75) is 19.3 Å². The van der Waals surface area contributed by atoms with E-state index in [-0.39, 0.29) is 5.41 Å². The van der Waals surface area contributed by atoms with E-state index in [0.29, 0.717) is 0 Å². The molecule has 47 heavy (non-hydrogen) atoms. The summed E-state index contributed by atoms with van der Waals surface area (Å²) in [4.78, 5) is 0. The van der Waals surface area contributed by atoms with E-state index in [1.807, 2.05) is 6.07 Å². The van der Waals surface area contributed by atoms with Crippen LogP contribution in [0.25, 0.3) is 93.2 Å². The van der Waals surface area contributed by atoms with Gasteiger partial charge in [0.2, 0.25) is 0 Å². The lowest BCUT2D eigenvalue weighted by Crippen LogP contribution is -2.14. The van der Waals surface area contributed by atoms with Crippen LogP contribution in [0.3, 0.4) is 0 Å². The molecule has 0 unspecified atom stereocenters. The van der Waals surface area contributed by atoms with Gasteiger partial charge in [0.15, 0.2) is 0 Å². The second-order valence-corrected chi connectivity index (χ2v) is 13.7. The summed E-state index contributed by atoms with van der Waals surface area (Å²) >= 11 is 0. The number of hydrogen-bond donors (Lipinski definition) is 0. The average molecular weight is 600 g/mol. The molecule has 0 saturated carbocycles. The zero-order valence-corrected chi connectivity index (χ0v) is 26.1. The Hall–Kier alpha value is -5.86. The molecule has 1 aliphatic carbocycles. The number of benzene rings is 8. The summed E-state index contributed by atoms with van der Waals surface area (Å²) in [6.07, 6.45) is 0. The molecule has 0 fully saturated rings. The molecule has 2 nitrogen and oxygen atoms in total. The van der Waals surface area contributed by atoms with Crippen LogP contribution >= 0.6 is 0 Å². The number of rotatable bonds is 2. The lowest BCUT2D eigenvalue weighted by atomic mass is 9.81. The Labute approximate surface area is 271 Å². The van der Waals surface area contributed by atoms with Gasteiger partial charge in [-0.15, -0.1) is 0 Å². The molecular weight excluding hydrogens is 571 g/mol. The first-order chi connectivity index (χ1) is 23.1. The van der Waals surface area contributed by atoms with E-state index in [9.17, 15) is 0 Å². The Morgan fingerprint density at radius 1 is 0.511 bits per heavy atom. The van der Waals surface area contributed by atoms with E-state index in [1.165, 1.54) is 76.7 Å². The monoisotopic (exact) mass is 599 g/mol. The van der Waals surface area contributed by atoms with Gasteiger partial charge in [0.1, 0.15) is 11.2 Å². The van der Waals surface area contributed by atoms with Crippen LogP contribution in [0.15, 0.2) is 144 Å². The van der Waals surface area contributed by atoms with Crippen LogP contribution < -0.4 is 0 Å². The molecule has 0 amide bonds. The second-order valence-electron chi connectivity index (χ2n) is 13.7. The van der Waals surface area contributed by atoms with Crippen molar-refractivity contribution in [1.82, 2.24) is 4.57 Å². The van der Waals surface area contributed by atoms with Crippen LogP contribution in [-0.4, -0.2) is 4.57 Å². The third-order valence-electron chi connectivity index (χ3n) is 10.9. The molecule has 2 heteroatoms. The van der Waals surface area contributed by atoms with Crippen LogP contribution in [0.5, 0.6) is 0 Å². The molecule has 2 aromatic heterocycles. The van der Waals surface area contributed by atoms with Crippen molar-refractivity contribution in [2.24, 2.45) is 0 Å². The molecule has 220 valence electrons. The molecule has 0 aliphatic heterocycles. The first kappa shape index (κ1) is 25.3. The quantitative estimate of drug-likeness (QED) is 0.181. The predicted octanol–water partition coefficient (Wildman–Crippen LogP) is 12.4. The number of para-hydroxylation sites is 1. The summed E-state index contributed by atoms with van der Waals surface area (Å²) in [6, 6.07) is 51.4. The van der Waals surface area contributed by atoms with Crippen LogP contribution in [0.2, 0.25) is 0 Å². The highest BCUT2D eigenvalue weighted by Gasteiger charge is 2.40. The van der Waals surface area contributed by atoms with Gasteiger partial charge in [-0.25, -0.2) is 0 Å². The van der Waals surface area contributed by atoms with Crippen molar-refractivity contribution in [2.75, 3.05) is 0 Å². The fourth-order valence-corrected chi connectivity index (χ4v) is 8.82. The highest BCUT2D eigenvalue weighted by Crippen LogP contribution is 2.54. The van der Waals surface area contributed by atoms with Crippen molar-refractivity contribution in [3.63, 3.8) is 0 Å². The van der Waals surface area contributed by atoms with Crippen molar-refractivity contribution in [3.8, 4) is 28.1 Å². The highest BCUT2D eigenvalue weighted by molar-refractivity contribution is 6.25. The largest absolute Gasteiger partial charge is 0.456 e. The van der Waals surface area contributed by atoms with E-state index in [0.717, 1.165) is 27.6 Å². The summed E-state index contributed by atoms with van der Waals surface area (Å²) in [5.41, 5.74) is 11.9. The maximum Gasteiger partial charge on any atom is 0.137 e. The van der Waals surface area contributed by atoms with Gasteiger partial charge in [-0.3, -0.25) is 0 Å². The van der Waals surface area contributed by atoms with E-state index >= 15 is 0 Å². The van der Waals surface area contributed by atoms with Crippen molar-refractivity contribution >= 4 is 65.2 Å². The molecule has 0 atom stereocenters. The molecule has 2 heterocycles. The minimum absolute atomic E-state index is 0.153. The maximum atomic E-state index is 6.39. The van der Waals surface area contributed by atoms with Gasteiger partial charge in [-0.05, 0) is 84.9 Å². The molecular formula is C45H29NO. The molecule has 0 saturated heterocycles. The van der Waals surface area contributed by atoms with Gasteiger partial charge < -0.3 is 8.98 Å².